The van der Waals surface area contributed by atoms with Gasteiger partial charge >= 0.3 is 12.2 Å². The molecule has 0 radical (unpaired) electrons. The van der Waals surface area contributed by atoms with Gasteiger partial charge in [0.05, 0.1) is 17.5 Å². The average molecular weight is 453 g/mol. The van der Waals surface area contributed by atoms with E-state index in [1.807, 2.05) is 0 Å². The number of rotatable bonds is 3. The van der Waals surface area contributed by atoms with Crippen LogP contribution in [0, 0.1) is 0 Å². The zero-order valence-corrected chi connectivity index (χ0v) is 19.4. The normalized spacial score (nSPS) is 16.7. The molecule has 0 bridgehead atoms. The number of benzene rings is 1. The first-order valence-electron chi connectivity index (χ1n) is 10.1. The summed E-state index contributed by atoms with van der Waals surface area (Å²) in [6, 6.07) is 3.50. The monoisotopic (exact) mass is 452 g/mol. The molecular weight excluding hydrogens is 424 g/mol. The summed E-state index contributed by atoms with van der Waals surface area (Å²) in [4.78, 5) is 38.4. The standard InChI is InChI=1S/C21H28N2O7S/c1-20(2,3)29-18(25)22-12-13-11-15(9-10-16(13)17(22)24)31(27,28)23(14-7-8-14)19(26)30-21(4,5)6/h9-11,14H,7-8,12H2,1-6H3. The zero-order valence-electron chi connectivity index (χ0n) is 18.6. The third-order valence-corrected chi connectivity index (χ3v) is 6.32. The van der Waals surface area contributed by atoms with E-state index in [1.165, 1.54) is 18.2 Å². The SMILES string of the molecule is CC(C)(C)OC(=O)N1Cc2cc(S(=O)(=O)N(C(=O)OC(C)(C)C)C3CC3)ccc2C1=O. The molecule has 9 nitrogen and oxygen atoms in total. The molecule has 1 aliphatic carbocycles. The summed E-state index contributed by atoms with van der Waals surface area (Å²) < 4.78 is 37.9. The molecule has 1 aromatic carbocycles. The van der Waals surface area contributed by atoms with Crippen molar-refractivity contribution in [1.82, 2.24) is 9.21 Å². The van der Waals surface area contributed by atoms with Crippen LogP contribution in [0.3, 0.4) is 0 Å². The number of amides is 3. The quantitative estimate of drug-likeness (QED) is 0.688. The van der Waals surface area contributed by atoms with Gasteiger partial charge in [-0.25, -0.2) is 22.9 Å². The molecule has 0 N–H and O–H groups in total. The summed E-state index contributed by atoms with van der Waals surface area (Å²) in [5.41, 5.74) is -1.03. The first kappa shape index (κ1) is 23.1. The minimum absolute atomic E-state index is 0.109. The Labute approximate surface area is 182 Å². The highest BCUT2D eigenvalue weighted by Gasteiger charge is 2.44. The van der Waals surface area contributed by atoms with E-state index in [0.717, 1.165) is 9.21 Å². The number of imide groups is 1. The molecule has 3 rings (SSSR count). The Bertz CT molecular complexity index is 1030. The van der Waals surface area contributed by atoms with Crippen LogP contribution < -0.4 is 0 Å². The van der Waals surface area contributed by atoms with Crippen LogP contribution in [0.15, 0.2) is 23.1 Å². The predicted octanol–water partition coefficient (Wildman–Crippen LogP) is 3.67. The fourth-order valence-corrected chi connectivity index (χ4v) is 4.69. The van der Waals surface area contributed by atoms with Crippen molar-refractivity contribution in [1.29, 1.82) is 0 Å². The van der Waals surface area contributed by atoms with Crippen LogP contribution >= 0.6 is 0 Å². The molecule has 0 atom stereocenters. The van der Waals surface area contributed by atoms with E-state index < -0.39 is 45.4 Å². The number of hydrogen-bond donors (Lipinski definition) is 0. The molecule has 31 heavy (non-hydrogen) atoms. The summed E-state index contributed by atoms with van der Waals surface area (Å²) in [6.07, 6.45) is -0.601. The number of carbonyl (C=O) groups is 3. The van der Waals surface area contributed by atoms with Crippen LogP contribution in [-0.2, 0) is 26.0 Å². The van der Waals surface area contributed by atoms with Crippen molar-refractivity contribution in [2.24, 2.45) is 0 Å². The number of sulfonamides is 1. The zero-order chi connectivity index (χ0) is 23.4. The van der Waals surface area contributed by atoms with Crippen molar-refractivity contribution in [2.45, 2.75) is 83.1 Å². The van der Waals surface area contributed by atoms with Crippen LogP contribution in [0.25, 0.3) is 0 Å². The van der Waals surface area contributed by atoms with Crippen molar-refractivity contribution in [3.8, 4) is 0 Å². The van der Waals surface area contributed by atoms with E-state index in [0.29, 0.717) is 18.4 Å². The predicted molar refractivity (Wildman–Crippen MR) is 111 cm³/mol. The lowest BCUT2D eigenvalue weighted by atomic mass is 10.1. The lowest BCUT2D eigenvalue weighted by Crippen LogP contribution is -2.42. The van der Waals surface area contributed by atoms with Crippen LogP contribution in [0.4, 0.5) is 9.59 Å². The molecule has 1 aromatic rings. The van der Waals surface area contributed by atoms with Crippen molar-refractivity contribution >= 4 is 28.1 Å². The maximum Gasteiger partial charge on any atom is 0.424 e. The molecule has 0 saturated heterocycles. The molecule has 3 amide bonds. The second-order valence-electron chi connectivity index (χ2n) is 9.70. The highest BCUT2D eigenvalue weighted by atomic mass is 32.2. The fraction of sp³-hybridized carbons (Fsp3) is 0.571. The summed E-state index contributed by atoms with van der Waals surface area (Å²) >= 11 is 0. The van der Waals surface area contributed by atoms with Gasteiger partial charge in [0, 0.05) is 5.56 Å². The molecule has 1 heterocycles. The van der Waals surface area contributed by atoms with Crippen LogP contribution in [0.1, 0.15) is 70.3 Å². The van der Waals surface area contributed by atoms with Crippen LogP contribution in [0.2, 0.25) is 0 Å². The van der Waals surface area contributed by atoms with E-state index in [1.54, 1.807) is 41.5 Å². The molecule has 170 valence electrons. The Hall–Kier alpha value is -2.62. The second kappa shape index (κ2) is 7.51. The highest BCUT2D eigenvalue weighted by Crippen LogP contribution is 2.35. The molecule has 0 unspecified atom stereocenters. The number of nitrogens with zero attached hydrogens (tertiary/aromatic N) is 2. The number of hydrogen-bond acceptors (Lipinski definition) is 7. The maximum atomic E-state index is 13.3. The average Bonchev–Trinajstić information content (AvgIpc) is 3.34. The smallest absolute Gasteiger partial charge is 0.424 e. The van der Waals surface area contributed by atoms with Crippen molar-refractivity contribution < 1.29 is 32.3 Å². The number of carbonyl (C=O) groups excluding carboxylic acids is 3. The third-order valence-electron chi connectivity index (χ3n) is 4.50. The molecule has 0 spiro atoms. The summed E-state index contributed by atoms with van der Waals surface area (Å²) in [5.74, 6) is -0.556. The Kier molecular flexibility index (Phi) is 5.58. The molecule has 1 fully saturated rings. The molecular formula is C21H28N2O7S. The Morgan fingerprint density at radius 2 is 1.61 bits per heavy atom. The van der Waals surface area contributed by atoms with Gasteiger partial charge in [-0.1, -0.05) is 0 Å². The highest BCUT2D eigenvalue weighted by molar-refractivity contribution is 7.89. The molecule has 2 aliphatic rings. The van der Waals surface area contributed by atoms with E-state index in [-0.39, 0.29) is 17.0 Å². The van der Waals surface area contributed by atoms with Crippen LogP contribution in [0.5, 0.6) is 0 Å². The largest absolute Gasteiger partial charge is 0.443 e. The fourth-order valence-electron chi connectivity index (χ4n) is 3.09. The van der Waals surface area contributed by atoms with E-state index in [9.17, 15) is 22.8 Å². The second-order valence-corrected chi connectivity index (χ2v) is 11.5. The summed E-state index contributed by atoms with van der Waals surface area (Å²) in [5, 5.41) is 0. The third kappa shape index (κ3) is 5.00. The molecule has 10 heteroatoms. The van der Waals surface area contributed by atoms with Crippen LogP contribution in [-0.4, -0.2) is 53.0 Å². The molecule has 0 aromatic heterocycles. The Morgan fingerprint density at radius 3 is 2.13 bits per heavy atom. The molecule has 1 aliphatic heterocycles. The van der Waals surface area contributed by atoms with Gasteiger partial charge in [0.1, 0.15) is 11.2 Å². The van der Waals surface area contributed by atoms with Gasteiger partial charge in [-0.05, 0) is 78.1 Å². The van der Waals surface area contributed by atoms with Crippen molar-refractivity contribution in [3.63, 3.8) is 0 Å². The Balaban J connectivity index is 1.89. The summed E-state index contributed by atoms with van der Waals surface area (Å²) in [7, 11) is -4.20. The maximum absolute atomic E-state index is 13.3. The van der Waals surface area contributed by atoms with Crippen molar-refractivity contribution in [3.05, 3.63) is 29.3 Å². The van der Waals surface area contributed by atoms with E-state index >= 15 is 0 Å². The van der Waals surface area contributed by atoms with Gasteiger partial charge in [-0.15, -0.1) is 0 Å². The lowest BCUT2D eigenvalue weighted by Gasteiger charge is -2.27. The minimum Gasteiger partial charge on any atom is -0.443 e. The first-order chi connectivity index (χ1) is 14.1. The van der Waals surface area contributed by atoms with Gasteiger partial charge in [-0.3, -0.25) is 4.79 Å². The van der Waals surface area contributed by atoms with E-state index in [2.05, 4.69) is 0 Å². The summed E-state index contributed by atoms with van der Waals surface area (Å²) in [6.45, 7) is 9.94. The van der Waals surface area contributed by atoms with Gasteiger partial charge < -0.3 is 9.47 Å². The molecule has 1 saturated carbocycles. The number of ether oxygens (including phenoxy) is 2. The number of fused-ring (bicyclic) bond motifs is 1. The van der Waals surface area contributed by atoms with E-state index in [4.69, 9.17) is 9.47 Å². The van der Waals surface area contributed by atoms with Gasteiger partial charge in [0.2, 0.25) is 0 Å². The first-order valence-corrected chi connectivity index (χ1v) is 11.5. The topological polar surface area (TPSA) is 110 Å². The van der Waals surface area contributed by atoms with Gasteiger partial charge in [-0.2, -0.15) is 4.31 Å². The Morgan fingerprint density at radius 1 is 1.03 bits per heavy atom. The minimum atomic E-state index is -4.20. The van der Waals surface area contributed by atoms with Gasteiger partial charge in [0.15, 0.2) is 0 Å². The van der Waals surface area contributed by atoms with Crippen molar-refractivity contribution in [2.75, 3.05) is 0 Å². The van der Waals surface area contributed by atoms with Gasteiger partial charge in [0.25, 0.3) is 15.9 Å². The lowest BCUT2D eigenvalue weighted by molar-refractivity contribution is 0.0246.